The molecule has 0 aromatic heterocycles. The van der Waals surface area contributed by atoms with Gasteiger partial charge in [-0.3, -0.25) is 18.8 Å². The highest BCUT2D eigenvalue weighted by Crippen LogP contribution is 2.33. The number of sulfonamides is 1. The first-order valence-corrected chi connectivity index (χ1v) is 11.5. The van der Waals surface area contributed by atoms with Crippen LogP contribution in [0.15, 0.2) is 78.9 Å². The summed E-state index contributed by atoms with van der Waals surface area (Å²) in [7, 11) is -3.69. The van der Waals surface area contributed by atoms with E-state index >= 15 is 0 Å². The highest BCUT2D eigenvalue weighted by molar-refractivity contribution is 7.92. The van der Waals surface area contributed by atoms with Crippen LogP contribution in [0.5, 0.6) is 0 Å². The van der Waals surface area contributed by atoms with E-state index in [9.17, 15) is 18.0 Å². The van der Waals surface area contributed by atoms with Gasteiger partial charge in [-0.2, -0.15) is 0 Å². The number of nitrogens with one attached hydrogen (secondary N) is 1. The smallest absolute Gasteiger partial charge is 0.260 e. The lowest BCUT2D eigenvalue weighted by Gasteiger charge is -2.31. The van der Waals surface area contributed by atoms with Gasteiger partial charge in [0, 0.05) is 0 Å². The number of anilines is 3. The number of carbonyl (C=O) groups is 2. The van der Waals surface area contributed by atoms with Gasteiger partial charge in [0.2, 0.25) is 15.9 Å². The van der Waals surface area contributed by atoms with Gasteiger partial charge in [0.15, 0.2) is 0 Å². The second kappa shape index (κ2) is 8.23. The average Bonchev–Trinajstić information content (AvgIpc) is 2.76. The molecular weight excluding hydrogens is 414 g/mol. The van der Waals surface area contributed by atoms with Gasteiger partial charge in [0.05, 0.1) is 35.4 Å². The molecule has 8 heteroatoms. The van der Waals surface area contributed by atoms with Crippen LogP contribution in [0.1, 0.15) is 15.9 Å². The van der Waals surface area contributed by atoms with E-state index in [4.69, 9.17) is 0 Å². The van der Waals surface area contributed by atoms with Crippen LogP contribution >= 0.6 is 0 Å². The Morgan fingerprint density at radius 3 is 2.35 bits per heavy atom. The van der Waals surface area contributed by atoms with Crippen molar-refractivity contribution in [3.63, 3.8) is 0 Å². The predicted molar refractivity (Wildman–Crippen MR) is 121 cm³/mol. The molecule has 0 spiro atoms. The summed E-state index contributed by atoms with van der Waals surface area (Å²) < 4.78 is 26.6. The maximum Gasteiger partial charge on any atom is 0.260 e. The molecule has 0 bridgehead atoms. The predicted octanol–water partition coefficient (Wildman–Crippen LogP) is 3.25. The maximum atomic E-state index is 13.5. The molecule has 1 aliphatic rings. The largest absolute Gasteiger partial charge is 0.323 e. The number of hydrogen-bond acceptors (Lipinski definition) is 4. The van der Waals surface area contributed by atoms with Crippen molar-refractivity contribution >= 4 is 38.9 Å². The summed E-state index contributed by atoms with van der Waals surface area (Å²) in [6.45, 7) is -0.0667. The minimum atomic E-state index is -3.69. The minimum absolute atomic E-state index is 0.0844. The van der Waals surface area contributed by atoms with E-state index in [1.54, 1.807) is 48.5 Å². The van der Waals surface area contributed by atoms with Gasteiger partial charge < -0.3 is 5.32 Å². The van der Waals surface area contributed by atoms with E-state index in [0.717, 1.165) is 11.8 Å². The second-order valence-corrected chi connectivity index (χ2v) is 9.14. The fourth-order valence-electron chi connectivity index (χ4n) is 3.56. The second-order valence-electron chi connectivity index (χ2n) is 7.23. The highest BCUT2D eigenvalue weighted by atomic mass is 32.2. The Kier molecular flexibility index (Phi) is 5.48. The lowest BCUT2D eigenvalue weighted by molar-refractivity contribution is -0.115. The number of rotatable bonds is 5. The first kappa shape index (κ1) is 20.6. The molecule has 1 heterocycles. The zero-order valence-electron chi connectivity index (χ0n) is 16.9. The number of fused-ring (bicyclic) bond motifs is 1. The third kappa shape index (κ3) is 4.29. The van der Waals surface area contributed by atoms with Gasteiger partial charge in [-0.25, -0.2) is 8.42 Å². The Labute approximate surface area is 181 Å². The Hall–Kier alpha value is -3.65. The Morgan fingerprint density at radius 1 is 0.968 bits per heavy atom. The summed E-state index contributed by atoms with van der Waals surface area (Å²) in [5.41, 5.74) is 2.36. The molecule has 158 valence electrons. The van der Waals surface area contributed by atoms with Crippen LogP contribution < -0.4 is 14.5 Å². The van der Waals surface area contributed by atoms with Crippen LogP contribution in [0, 0.1) is 0 Å². The van der Waals surface area contributed by atoms with Crippen molar-refractivity contribution in [2.75, 3.05) is 27.3 Å². The van der Waals surface area contributed by atoms with Crippen molar-refractivity contribution in [1.29, 1.82) is 0 Å². The molecule has 0 radical (unpaired) electrons. The van der Waals surface area contributed by atoms with Crippen LogP contribution in [0.25, 0.3) is 0 Å². The number of carbonyl (C=O) groups excluding carboxylic acids is 2. The molecule has 2 amide bonds. The summed E-state index contributed by atoms with van der Waals surface area (Å²) in [5.74, 6) is -0.756. The average molecular weight is 436 g/mol. The van der Waals surface area contributed by atoms with Crippen LogP contribution in [-0.4, -0.2) is 33.0 Å². The van der Waals surface area contributed by atoms with Crippen molar-refractivity contribution in [1.82, 2.24) is 0 Å². The van der Waals surface area contributed by atoms with Crippen molar-refractivity contribution in [3.05, 3.63) is 90.0 Å². The van der Waals surface area contributed by atoms with E-state index in [0.29, 0.717) is 11.4 Å². The molecule has 0 fully saturated rings. The fraction of sp³-hybridized carbons (Fsp3) is 0.130. The molecule has 0 atom stereocenters. The number of nitrogens with zero attached hydrogens (tertiary/aromatic N) is 2. The molecule has 4 rings (SSSR count). The van der Waals surface area contributed by atoms with Crippen LogP contribution in [0.3, 0.4) is 0 Å². The number of para-hydroxylation sites is 3. The van der Waals surface area contributed by atoms with E-state index in [1.807, 2.05) is 30.3 Å². The van der Waals surface area contributed by atoms with E-state index in [-0.39, 0.29) is 30.2 Å². The standard InChI is InChI=1S/C23H21N3O4S/c1-31(29,30)26(15-17-9-3-2-4-10-17)20-13-7-5-11-18(20)23(28)25-16-22(27)24-19-12-6-8-14-21(19)25/h2-14H,15-16H2,1H3,(H,24,27). The summed E-state index contributed by atoms with van der Waals surface area (Å²) in [4.78, 5) is 27.1. The van der Waals surface area contributed by atoms with E-state index < -0.39 is 15.9 Å². The molecule has 3 aromatic rings. The maximum absolute atomic E-state index is 13.5. The van der Waals surface area contributed by atoms with Crippen LogP contribution in [-0.2, 0) is 21.4 Å². The Balaban J connectivity index is 1.78. The van der Waals surface area contributed by atoms with Gasteiger partial charge in [-0.1, -0.05) is 54.6 Å². The number of amides is 2. The molecule has 0 saturated heterocycles. The molecule has 0 unspecified atom stereocenters. The summed E-state index contributed by atoms with van der Waals surface area (Å²) in [6.07, 6.45) is 1.11. The zero-order chi connectivity index (χ0) is 22.0. The van der Waals surface area contributed by atoms with Crippen molar-refractivity contribution in [2.45, 2.75) is 6.54 Å². The number of hydrogen-bond donors (Lipinski definition) is 1. The van der Waals surface area contributed by atoms with Crippen molar-refractivity contribution in [2.24, 2.45) is 0 Å². The first-order valence-electron chi connectivity index (χ1n) is 9.66. The molecular formula is C23H21N3O4S. The Morgan fingerprint density at radius 2 is 1.61 bits per heavy atom. The fourth-order valence-corrected chi connectivity index (χ4v) is 4.46. The van der Waals surface area contributed by atoms with Crippen molar-refractivity contribution < 1.29 is 18.0 Å². The quantitative estimate of drug-likeness (QED) is 0.667. The van der Waals surface area contributed by atoms with E-state index in [1.165, 1.54) is 9.21 Å². The molecule has 1 aliphatic heterocycles. The van der Waals surface area contributed by atoms with Gasteiger partial charge in [-0.05, 0) is 29.8 Å². The molecule has 1 N–H and O–H groups in total. The number of benzene rings is 3. The van der Waals surface area contributed by atoms with Gasteiger partial charge >= 0.3 is 0 Å². The SMILES string of the molecule is CS(=O)(=O)N(Cc1ccccc1)c1ccccc1C(=O)N1CC(=O)Nc2ccccc21. The summed E-state index contributed by atoms with van der Waals surface area (Å²) in [6, 6.07) is 22.7. The van der Waals surface area contributed by atoms with Crippen LogP contribution in [0.4, 0.5) is 17.1 Å². The van der Waals surface area contributed by atoms with E-state index in [2.05, 4.69) is 5.32 Å². The Bertz CT molecular complexity index is 1240. The van der Waals surface area contributed by atoms with Gasteiger partial charge in [0.25, 0.3) is 5.91 Å². The molecule has 7 nitrogen and oxygen atoms in total. The normalized spacial score (nSPS) is 13.3. The molecule has 0 saturated carbocycles. The monoisotopic (exact) mass is 435 g/mol. The highest BCUT2D eigenvalue weighted by Gasteiger charge is 2.31. The van der Waals surface area contributed by atoms with Crippen LogP contribution in [0.2, 0.25) is 0 Å². The molecule has 31 heavy (non-hydrogen) atoms. The summed E-state index contributed by atoms with van der Waals surface area (Å²) >= 11 is 0. The lowest BCUT2D eigenvalue weighted by Crippen LogP contribution is -2.43. The lowest BCUT2D eigenvalue weighted by atomic mass is 10.1. The zero-order valence-corrected chi connectivity index (χ0v) is 17.7. The molecule has 3 aromatic carbocycles. The van der Waals surface area contributed by atoms with Crippen molar-refractivity contribution in [3.8, 4) is 0 Å². The third-order valence-corrected chi connectivity index (χ3v) is 6.11. The third-order valence-electron chi connectivity index (χ3n) is 4.99. The topological polar surface area (TPSA) is 86.8 Å². The van der Waals surface area contributed by atoms with Gasteiger partial charge in [-0.15, -0.1) is 0 Å². The van der Waals surface area contributed by atoms with Gasteiger partial charge in [0.1, 0.15) is 6.54 Å². The summed E-state index contributed by atoms with van der Waals surface area (Å²) in [5, 5.41) is 2.75. The first-order chi connectivity index (χ1) is 14.8. The minimum Gasteiger partial charge on any atom is -0.323 e. The molecule has 0 aliphatic carbocycles.